The minimum absolute atomic E-state index is 0.160. The van der Waals surface area contributed by atoms with E-state index < -0.39 is 11.9 Å². The number of nitrogens with one attached hydrogen (secondary N) is 1. The number of benzene rings is 1. The van der Waals surface area contributed by atoms with Crippen molar-refractivity contribution in [2.45, 2.75) is 18.9 Å². The van der Waals surface area contributed by atoms with Gasteiger partial charge in [0.25, 0.3) is 5.91 Å². The lowest BCUT2D eigenvalue weighted by atomic mass is 10.2. The van der Waals surface area contributed by atoms with Crippen molar-refractivity contribution in [1.82, 2.24) is 10.2 Å². The van der Waals surface area contributed by atoms with Crippen molar-refractivity contribution in [3.63, 3.8) is 0 Å². The Morgan fingerprint density at radius 3 is 2.52 bits per heavy atom. The largest absolute Gasteiger partial charge is 0.399 e. The normalized spacial score (nSPS) is 17.5. The predicted molar refractivity (Wildman–Crippen MR) is 77.1 cm³/mol. The van der Waals surface area contributed by atoms with Crippen molar-refractivity contribution >= 4 is 23.4 Å². The average Bonchev–Trinajstić information content (AvgIpc) is 2.95. The van der Waals surface area contributed by atoms with Crippen molar-refractivity contribution in [2.75, 3.05) is 18.8 Å². The fourth-order valence-corrected chi connectivity index (χ4v) is 2.36. The zero-order valence-electron chi connectivity index (χ0n) is 11.5. The molecule has 1 aromatic carbocycles. The molecule has 7 nitrogen and oxygen atoms in total. The first-order valence-electron chi connectivity index (χ1n) is 6.71. The van der Waals surface area contributed by atoms with Crippen LogP contribution in [-0.4, -0.2) is 41.8 Å². The van der Waals surface area contributed by atoms with Crippen LogP contribution in [0.2, 0.25) is 0 Å². The smallest absolute Gasteiger partial charge is 0.251 e. The molecule has 1 atom stereocenters. The summed E-state index contributed by atoms with van der Waals surface area (Å²) < 4.78 is 0. The van der Waals surface area contributed by atoms with E-state index in [2.05, 4.69) is 5.32 Å². The third-order valence-electron chi connectivity index (χ3n) is 3.47. The highest BCUT2D eigenvalue weighted by Crippen LogP contribution is 2.16. The number of carbonyl (C=O) groups excluding carboxylic acids is 3. The number of nitrogens with two attached hydrogens (primary N) is 2. The Morgan fingerprint density at radius 2 is 1.90 bits per heavy atom. The molecule has 1 fully saturated rings. The highest BCUT2D eigenvalue weighted by atomic mass is 16.2. The van der Waals surface area contributed by atoms with Gasteiger partial charge in [-0.2, -0.15) is 0 Å². The zero-order valence-corrected chi connectivity index (χ0v) is 11.5. The molecule has 0 bridgehead atoms. The summed E-state index contributed by atoms with van der Waals surface area (Å²) in [7, 11) is 0. The van der Waals surface area contributed by atoms with Crippen LogP contribution in [0.25, 0.3) is 0 Å². The Bertz CT molecular complexity index is 556. The van der Waals surface area contributed by atoms with Crippen molar-refractivity contribution in [3.8, 4) is 0 Å². The Morgan fingerprint density at radius 1 is 1.24 bits per heavy atom. The van der Waals surface area contributed by atoms with E-state index in [0.717, 1.165) is 6.42 Å². The Labute approximate surface area is 122 Å². The molecule has 7 heteroatoms. The van der Waals surface area contributed by atoms with Crippen LogP contribution in [0.3, 0.4) is 0 Å². The molecule has 21 heavy (non-hydrogen) atoms. The van der Waals surface area contributed by atoms with Crippen LogP contribution in [0.5, 0.6) is 0 Å². The maximum atomic E-state index is 12.0. The number of hydrogen-bond donors (Lipinski definition) is 3. The molecule has 0 spiro atoms. The number of primary amides is 1. The molecular formula is C14H18N4O3. The van der Waals surface area contributed by atoms with E-state index in [1.165, 1.54) is 4.90 Å². The van der Waals surface area contributed by atoms with Gasteiger partial charge < -0.3 is 21.7 Å². The van der Waals surface area contributed by atoms with Gasteiger partial charge in [-0.1, -0.05) is 0 Å². The number of anilines is 1. The van der Waals surface area contributed by atoms with Crippen molar-refractivity contribution in [1.29, 1.82) is 0 Å². The highest BCUT2D eigenvalue weighted by molar-refractivity contribution is 5.97. The summed E-state index contributed by atoms with van der Waals surface area (Å²) in [5.41, 5.74) is 11.8. The minimum Gasteiger partial charge on any atom is -0.399 e. The second-order valence-corrected chi connectivity index (χ2v) is 4.95. The summed E-state index contributed by atoms with van der Waals surface area (Å²) in [4.78, 5) is 36.6. The van der Waals surface area contributed by atoms with Gasteiger partial charge in [0.15, 0.2) is 0 Å². The molecule has 5 N–H and O–H groups in total. The van der Waals surface area contributed by atoms with Crippen LogP contribution in [0.4, 0.5) is 5.69 Å². The molecule has 2 rings (SSSR count). The first kappa shape index (κ1) is 14.8. The molecule has 1 saturated heterocycles. The Kier molecular flexibility index (Phi) is 4.42. The van der Waals surface area contributed by atoms with E-state index in [0.29, 0.717) is 24.2 Å². The molecule has 0 radical (unpaired) electrons. The van der Waals surface area contributed by atoms with Crippen LogP contribution in [0.1, 0.15) is 23.2 Å². The van der Waals surface area contributed by atoms with Gasteiger partial charge in [0, 0.05) is 17.8 Å². The standard InChI is InChI=1S/C14H18N4O3/c15-10-5-3-9(4-6-10)14(21)17-8-12(19)18-7-1-2-11(18)13(16)20/h3-6,11H,1-2,7-8,15H2,(H2,16,20)(H,17,21). The summed E-state index contributed by atoms with van der Waals surface area (Å²) in [5.74, 6) is -1.18. The van der Waals surface area contributed by atoms with E-state index in [9.17, 15) is 14.4 Å². The number of nitrogens with zero attached hydrogens (tertiary/aromatic N) is 1. The lowest BCUT2D eigenvalue weighted by Crippen LogP contribution is -2.47. The second-order valence-electron chi connectivity index (χ2n) is 4.95. The minimum atomic E-state index is -0.564. The molecular weight excluding hydrogens is 272 g/mol. The fraction of sp³-hybridized carbons (Fsp3) is 0.357. The number of hydrogen-bond acceptors (Lipinski definition) is 4. The fourth-order valence-electron chi connectivity index (χ4n) is 2.36. The van der Waals surface area contributed by atoms with Crippen molar-refractivity contribution < 1.29 is 14.4 Å². The number of carbonyl (C=O) groups is 3. The SMILES string of the molecule is NC(=O)C1CCCN1C(=O)CNC(=O)c1ccc(N)cc1. The van der Waals surface area contributed by atoms with E-state index in [1.54, 1.807) is 24.3 Å². The summed E-state index contributed by atoms with van der Waals surface area (Å²) in [6, 6.07) is 5.82. The summed E-state index contributed by atoms with van der Waals surface area (Å²) in [5, 5.41) is 2.53. The van der Waals surface area contributed by atoms with Gasteiger partial charge >= 0.3 is 0 Å². The van der Waals surface area contributed by atoms with Gasteiger partial charge in [-0.25, -0.2) is 0 Å². The Balaban J connectivity index is 1.90. The van der Waals surface area contributed by atoms with E-state index >= 15 is 0 Å². The maximum Gasteiger partial charge on any atom is 0.251 e. The monoisotopic (exact) mass is 290 g/mol. The van der Waals surface area contributed by atoms with E-state index in [-0.39, 0.29) is 18.4 Å². The van der Waals surface area contributed by atoms with Crippen molar-refractivity contribution in [3.05, 3.63) is 29.8 Å². The molecule has 1 heterocycles. The van der Waals surface area contributed by atoms with Gasteiger partial charge in [0.2, 0.25) is 11.8 Å². The van der Waals surface area contributed by atoms with Crippen LogP contribution >= 0.6 is 0 Å². The number of amides is 3. The van der Waals surface area contributed by atoms with Gasteiger partial charge in [-0.3, -0.25) is 14.4 Å². The summed E-state index contributed by atoms with van der Waals surface area (Å²) in [6.07, 6.45) is 1.32. The van der Waals surface area contributed by atoms with Gasteiger partial charge in [0.05, 0.1) is 6.54 Å². The Hall–Kier alpha value is -2.57. The third-order valence-corrected chi connectivity index (χ3v) is 3.47. The molecule has 0 saturated carbocycles. The van der Waals surface area contributed by atoms with Crippen LogP contribution in [-0.2, 0) is 9.59 Å². The average molecular weight is 290 g/mol. The highest BCUT2D eigenvalue weighted by Gasteiger charge is 2.32. The molecule has 3 amide bonds. The number of likely N-dealkylation sites (tertiary alicyclic amines) is 1. The summed E-state index contributed by atoms with van der Waals surface area (Å²) >= 11 is 0. The molecule has 0 aromatic heterocycles. The number of nitrogen functional groups attached to an aromatic ring is 1. The maximum absolute atomic E-state index is 12.0. The first-order chi connectivity index (χ1) is 9.99. The predicted octanol–water partition coefficient (Wildman–Crippen LogP) is -0.525. The topological polar surface area (TPSA) is 119 Å². The van der Waals surface area contributed by atoms with Gasteiger partial charge in [0.1, 0.15) is 6.04 Å². The van der Waals surface area contributed by atoms with Gasteiger partial charge in [-0.15, -0.1) is 0 Å². The van der Waals surface area contributed by atoms with Gasteiger partial charge in [-0.05, 0) is 37.1 Å². The summed E-state index contributed by atoms with van der Waals surface area (Å²) in [6.45, 7) is 0.331. The van der Waals surface area contributed by atoms with Crippen LogP contribution < -0.4 is 16.8 Å². The third kappa shape index (κ3) is 3.50. The van der Waals surface area contributed by atoms with E-state index in [4.69, 9.17) is 11.5 Å². The molecule has 1 aliphatic heterocycles. The lowest BCUT2D eigenvalue weighted by molar-refractivity contribution is -0.136. The van der Waals surface area contributed by atoms with Crippen molar-refractivity contribution in [2.24, 2.45) is 5.73 Å². The molecule has 0 aliphatic carbocycles. The zero-order chi connectivity index (χ0) is 15.4. The lowest BCUT2D eigenvalue weighted by Gasteiger charge is -2.22. The second kappa shape index (κ2) is 6.25. The quantitative estimate of drug-likeness (QED) is 0.646. The molecule has 1 aromatic rings. The molecule has 1 unspecified atom stereocenters. The van der Waals surface area contributed by atoms with Crippen LogP contribution in [0.15, 0.2) is 24.3 Å². The van der Waals surface area contributed by atoms with Crippen LogP contribution in [0, 0.1) is 0 Å². The molecule has 1 aliphatic rings. The first-order valence-corrected chi connectivity index (χ1v) is 6.71. The molecule has 112 valence electrons. The number of rotatable bonds is 4. The van der Waals surface area contributed by atoms with E-state index in [1.807, 2.05) is 0 Å².